The lowest BCUT2D eigenvalue weighted by Gasteiger charge is -2.30. The fourth-order valence-corrected chi connectivity index (χ4v) is 2.80. The van der Waals surface area contributed by atoms with Crippen LogP contribution in [-0.2, 0) is 6.42 Å². The minimum atomic E-state index is 0.662. The summed E-state index contributed by atoms with van der Waals surface area (Å²) in [6.07, 6.45) is 2.48. The minimum Gasteiger partial charge on any atom is -0.497 e. The Morgan fingerprint density at radius 2 is 2.25 bits per heavy atom. The van der Waals surface area contributed by atoms with Crippen molar-refractivity contribution in [2.75, 3.05) is 20.7 Å². The molecule has 0 aliphatic heterocycles. The molecule has 0 saturated carbocycles. The average Bonchev–Trinajstić information content (AvgIpc) is 2.28. The van der Waals surface area contributed by atoms with Gasteiger partial charge in [0.25, 0.3) is 0 Å². The monoisotopic (exact) mass is 219 g/mol. The highest BCUT2D eigenvalue weighted by Crippen LogP contribution is 2.36. The van der Waals surface area contributed by atoms with Crippen LogP contribution in [-0.4, -0.2) is 20.7 Å². The highest BCUT2D eigenvalue weighted by Gasteiger charge is 2.24. The zero-order valence-corrected chi connectivity index (χ0v) is 10.4. The van der Waals surface area contributed by atoms with E-state index in [1.807, 2.05) is 7.05 Å². The zero-order valence-electron chi connectivity index (χ0n) is 10.4. The Balaban J connectivity index is 2.31. The molecule has 1 aromatic rings. The molecule has 1 aliphatic carbocycles. The topological polar surface area (TPSA) is 21.3 Å². The number of rotatable bonds is 3. The van der Waals surface area contributed by atoms with E-state index in [4.69, 9.17) is 4.74 Å². The second kappa shape index (κ2) is 4.88. The van der Waals surface area contributed by atoms with E-state index >= 15 is 0 Å². The zero-order chi connectivity index (χ0) is 11.5. The maximum Gasteiger partial charge on any atom is 0.119 e. The number of hydrogen-bond donors (Lipinski definition) is 1. The maximum absolute atomic E-state index is 5.30. The third-order valence-electron chi connectivity index (χ3n) is 3.50. The van der Waals surface area contributed by atoms with E-state index in [1.54, 1.807) is 7.11 Å². The summed E-state index contributed by atoms with van der Waals surface area (Å²) in [5.41, 5.74) is 2.98. The van der Waals surface area contributed by atoms with Crippen LogP contribution < -0.4 is 10.1 Å². The van der Waals surface area contributed by atoms with Crippen LogP contribution in [0.1, 0.15) is 30.4 Å². The van der Waals surface area contributed by atoms with Crippen molar-refractivity contribution in [3.63, 3.8) is 0 Å². The molecule has 16 heavy (non-hydrogen) atoms. The largest absolute Gasteiger partial charge is 0.497 e. The van der Waals surface area contributed by atoms with Gasteiger partial charge in [-0.2, -0.15) is 0 Å². The van der Waals surface area contributed by atoms with Crippen molar-refractivity contribution in [3.05, 3.63) is 29.3 Å². The van der Waals surface area contributed by atoms with Gasteiger partial charge in [-0.25, -0.2) is 0 Å². The molecule has 88 valence electrons. The van der Waals surface area contributed by atoms with Crippen molar-refractivity contribution in [1.82, 2.24) is 5.32 Å². The summed E-state index contributed by atoms with van der Waals surface area (Å²) in [4.78, 5) is 0. The lowest BCUT2D eigenvalue weighted by molar-refractivity contribution is 0.403. The third kappa shape index (κ3) is 2.22. The molecule has 0 bridgehead atoms. The van der Waals surface area contributed by atoms with E-state index < -0.39 is 0 Å². The number of hydrogen-bond acceptors (Lipinski definition) is 2. The molecular formula is C14H21NO. The van der Waals surface area contributed by atoms with E-state index in [0.717, 1.165) is 18.2 Å². The summed E-state index contributed by atoms with van der Waals surface area (Å²) < 4.78 is 5.30. The van der Waals surface area contributed by atoms with Crippen LogP contribution in [0.25, 0.3) is 0 Å². The molecule has 0 aromatic heterocycles. The molecule has 2 heteroatoms. The Labute approximate surface area is 98.0 Å². The van der Waals surface area contributed by atoms with Gasteiger partial charge in [-0.3, -0.25) is 0 Å². The highest BCUT2D eigenvalue weighted by molar-refractivity contribution is 5.39. The SMILES string of the molecule is CNCC1CC(C)Cc2cc(OC)ccc21. The van der Waals surface area contributed by atoms with Gasteiger partial charge in [0.1, 0.15) is 5.75 Å². The van der Waals surface area contributed by atoms with Crippen LogP contribution in [0.4, 0.5) is 0 Å². The average molecular weight is 219 g/mol. The predicted molar refractivity (Wildman–Crippen MR) is 67.1 cm³/mol. The molecule has 1 aliphatic rings. The van der Waals surface area contributed by atoms with E-state index in [9.17, 15) is 0 Å². The predicted octanol–water partition coefficient (Wildman–Crippen LogP) is 2.58. The molecule has 2 nitrogen and oxygen atoms in total. The summed E-state index contributed by atoms with van der Waals surface area (Å²) >= 11 is 0. The number of ether oxygens (including phenoxy) is 1. The van der Waals surface area contributed by atoms with E-state index in [1.165, 1.54) is 24.0 Å². The van der Waals surface area contributed by atoms with Gasteiger partial charge in [-0.15, -0.1) is 0 Å². The molecule has 0 radical (unpaired) electrons. The van der Waals surface area contributed by atoms with Crippen LogP contribution in [0.2, 0.25) is 0 Å². The van der Waals surface area contributed by atoms with E-state index in [-0.39, 0.29) is 0 Å². The van der Waals surface area contributed by atoms with Crippen molar-refractivity contribution < 1.29 is 4.74 Å². The standard InChI is InChI=1S/C14H21NO/c1-10-6-11-8-13(16-3)4-5-14(11)12(7-10)9-15-2/h4-5,8,10,12,15H,6-7,9H2,1-3H3. The van der Waals surface area contributed by atoms with Crippen molar-refractivity contribution in [2.45, 2.75) is 25.7 Å². The molecule has 0 saturated heterocycles. The molecule has 1 N–H and O–H groups in total. The van der Waals surface area contributed by atoms with Crippen LogP contribution in [0, 0.1) is 5.92 Å². The van der Waals surface area contributed by atoms with Gasteiger partial charge in [0.2, 0.25) is 0 Å². The van der Waals surface area contributed by atoms with Gasteiger partial charge in [0, 0.05) is 6.54 Å². The second-order valence-corrected chi connectivity index (χ2v) is 4.86. The molecule has 2 rings (SSSR count). The molecule has 0 spiro atoms. The first kappa shape index (κ1) is 11.5. The van der Waals surface area contributed by atoms with E-state index in [0.29, 0.717) is 5.92 Å². The van der Waals surface area contributed by atoms with E-state index in [2.05, 4.69) is 30.4 Å². The number of nitrogens with one attached hydrogen (secondary N) is 1. The number of benzene rings is 1. The summed E-state index contributed by atoms with van der Waals surface area (Å²) in [5, 5.41) is 3.30. The Bertz CT molecular complexity index is 362. The molecule has 0 amide bonds. The summed E-state index contributed by atoms with van der Waals surface area (Å²) in [5.74, 6) is 2.42. The Kier molecular flexibility index (Phi) is 3.49. The number of methoxy groups -OCH3 is 1. The Morgan fingerprint density at radius 3 is 2.94 bits per heavy atom. The van der Waals surface area contributed by atoms with Crippen LogP contribution in [0.5, 0.6) is 5.75 Å². The lowest BCUT2D eigenvalue weighted by atomic mass is 9.77. The summed E-state index contributed by atoms with van der Waals surface area (Å²) in [7, 11) is 3.77. The van der Waals surface area contributed by atoms with Gasteiger partial charge < -0.3 is 10.1 Å². The minimum absolute atomic E-state index is 0.662. The summed E-state index contributed by atoms with van der Waals surface area (Å²) in [6.45, 7) is 3.41. The van der Waals surface area contributed by atoms with Crippen LogP contribution in [0.15, 0.2) is 18.2 Å². The fourth-order valence-electron chi connectivity index (χ4n) is 2.80. The molecule has 0 heterocycles. The van der Waals surface area contributed by atoms with Gasteiger partial charge in [-0.1, -0.05) is 13.0 Å². The highest BCUT2D eigenvalue weighted by atomic mass is 16.5. The van der Waals surface area contributed by atoms with Crippen molar-refractivity contribution >= 4 is 0 Å². The van der Waals surface area contributed by atoms with Gasteiger partial charge in [0.05, 0.1) is 7.11 Å². The van der Waals surface area contributed by atoms with Crippen molar-refractivity contribution in [3.8, 4) is 5.75 Å². The fraction of sp³-hybridized carbons (Fsp3) is 0.571. The normalized spacial score (nSPS) is 23.9. The Morgan fingerprint density at radius 1 is 1.44 bits per heavy atom. The quantitative estimate of drug-likeness (QED) is 0.843. The summed E-state index contributed by atoms with van der Waals surface area (Å²) in [6, 6.07) is 6.52. The first-order valence-electron chi connectivity index (χ1n) is 6.06. The molecular weight excluding hydrogens is 198 g/mol. The smallest absolute Gasteiger partial charge is 0.119 e. The maximum atomic E-state index is 5.30. The van der Waals surface area contributed by atoms with Crippen LogP contribution >= 0.6 is 0 Å². The van der Waals surface area contributed by atoms with Gasteiger partial charge in [-0.05, 0) is 55.0 Å². The molecule has 2 unspecified atom stereocenters. The first-order valence-corrected chi connectivity index (χ1v) is 6.06. The second-order valence-electron chi connectivity index (χ2n) is 4.86. The molecule has 0 fully saturated rings. The lowest BCUT2D eigenvalue weighted by Crippen LogP contribution is -2.24. The molecule has 1 aromatic carbocycles. The van der Waals surface area contributed by atoms with Crippen LogP contribution in [0.3, 0.4) is 0 Å². The molecule has 2 atom stereocenters. The van der Waals surface area contributed by atoms with Gasteiger partial charge in [0.15, 0.2) is 0 Å². The number of fused-ring (bicyclic) bond motifs is 1. The number of likely N-dealkylation sites (N-methyl/N-ethyl adjacent to an activating group) is 1. The third-order valence-corrected chi connectivity index (χ3v) is 3.50. The van der Waals surface area contributed by atoms with Gasteiger partial charge >= 0.3 is 0 Å². The first-order chi connectivity index (χ1) is 7.74. The van der Waals surface area contributed by atoms with Crippen molar-refractivity contribution in [1.29, 1.82) is 0 Å². The van der Waals surface area contributed by atoms with Crippen molar-refractivity contribution in [2.24, 2.45) is 5.92 Å². The Hall–Kier alpha value is -1.02.